The van der Waals surface area contributed by atoms with Gasteiger partial charge in [0.05, 0.1) is 11.2 Å². The van der Waals surface area contributed by atoms with Crippen molar-refractivity contribution < 1.29 is 0 Å². The van der Waals surface area contributed by atoms with E-state index in [1.807, 2.05) is 6.20 Å². The lowest BCUT2D eigenvalue weighted by atomic mass is 10.2. The van der Waals surface area contributed by atoms with Gasteiger partial charge in [0.15, 0.2) is 5.13 Å². The molecule has 0 atom stereocenters. The first-order valence-electron chi connectivity index (χ1n) is 7.84. The summed E-state index contributed by atoms with van der Waals surface area (Å²) in [6.45, 7) is 8.27. The Kier molecular flexibility index (Phi) is 3.61. The molecular weight excluding hydrogens is 306 g/mol. The molecule has 4 rings (SSSR count). The molecule has 1 saturated heterocycles. The summed E-state index contributed by atoms with van der Waals surface area (Å²) in [6, 6.07) is 6.41. The van der Waals surface area contributed by atoms with E-state index >= 15 is 0 Å². The first-order chi connectivity index (χ1) is 11.2. The average molecular weight is 325 g/mol. The number of hydrogen-bond donors (Lipinski definition) is 0. The number of piperazine rings is 1. The highest BCUT2D eigenvalue weighted by atomic mass is 32.1. The minimum Gasteiger partial charge on any atom is -0.368 e. The van der Waals surface area contributed by atoms with E-state index in [1.165, 1.54) is 10.6 Å². The number of hydrogen-bond acceptors (Lipinski definition) is 6. The van der Waals surface area contributed by atoms with Crippen molar-refractivity contribution in [2.24, 2.45) is 0 Å². The molecule has 3 aromatic rings. The zero-order valence-corrected chi connectivity index (χ0v) is 14.2. The predicted octanol–water partition coefficient (Wildman–Crippen LogP) is 3.03. The van der Waals surface area contributed by atoms with Gasteiger partial charge in [-0.1, -0.05) is 0 Å². The molecule has 23 heavy (non-hydrogen) atoms. The van der Waals surface area contributed by atoms with Crippen LogP contribution in [0.25, 0.3) is 10.9 Å². The van der Waals surface area contributed by atoms with E-state index in [9.17, 15) is 0 Å². The summed E-state index contributed by atoms with van der Waals surface area (Å²) in [7, 11) is 0. The minimum atomic E-state index is 0.996. The Morgan fingerprint density at radius 3 is 2.57 bits per heavy atom. The summed E-state index contributed by atoms with van der Waals surface area (Å²) < 4.78 is 0. The average Bonchev–Trinajstić information content (AvgIpc) is 2.94. The standard InChI is InChI=1S/C17H19N5S/c1-12-13(2)23-17(20-12)22-7-5-21(6-8-22)15-3-4-16-14(9-15)10-18-11-19-16/h3-4,9-11H,5-8H2,1-2H3. The summed E-state index contributed by atoms with van der Waals surface area (Å²) in [5, 5.41) is 2.25. The van der Waals surface area contributed by atoms with E-state index in [4.69, 9.17) is 0 Å². The normalized spacial score (nSPS) is 15.4. The fraction of sp³-hybridized carbons (Fsp3) is 0.353. The Morgan fingerprint density at radius 2 is 1.83 bits per heavy atom. The van der Waals surface area contributed by atoms with Crippen LogP contribution in [-0.2, 0) is 0 Å². The number of nitrogens with zero attached hydrogens (tertiary/aromatic N) is 5. The van der Waals surface area contributed by atoms with Crippen molar-refractivity contribution in [2.75, 3.05) is 36.0 Å². The predicted molar refractivity (Wildman–Crippen MR) is 95.6 cm³/mol. The second-order valence-electron chi connectivity index (χ2n) is 5.88. The largest absolute Gasteiger partial charge is 0.368 e. The molecule has 5 nitrogen and oxygen atoms in total. The van der Waals surface area contributed by atoms with Gasteiger partial charge >= 0.3 is 0 Å². The molecule has 0 spiro atoms. The van der Waals surface area contributed by atoms with Crippen LogP contribution in [0.5, 0.6) is 0 Å². The van der Waals surface area contributed by atoms with Crippen molar-refractivity contribution in [3.8, 4) is 0 Å². The molecule has 0 amide bonds. The molecule has 0 radical (unpaired) electrons. The van der Waals surface area contributed by atoms with Crippen LogP contribution in [0.4, 0.5) is 10.8 Å². The van der Waals surface area contributed by atoms with Crippen molar-refractivity contribution in [1.82, 2.24) is 15.0 Å². The quantitative estimate of drug-likeness (QED) is 0.725. The van der Waals surface area contributed by atoms with Gasteiger partial charge in [-0.15, -0.1) is 11.3 Å². The van der Waals surface area contributed by atoms with Gasteiger partial charge in [0, 0.05) is 48.3 Å². The summed E-state index contributed by atoms with van der Waals surface area (Å²) in [4.78, 5) is 19.2. The second-order valence-corrected chi connectivity index (χ2v) is 7.06. The van der Waals surface area contributed by atoms with Gasteiger partial charge < -0.3 is 9.80 Å². The van der Waals surface area contributed by atoms with E-state index in [0.717, 1.165) is 47.9 Å². The second kappa shape index (κ2) is 5.77. The van der Waals surface area contributed by atoms with Crippen LogP contribution < -0.4 is 9.80 Å². The lowest BCUT2D eigenvalue weighted by Gasteiger charge is -2.36. The molecule has 1 aromatic carbocycles. The Morgan fingerprint density at radius 1 is 1.04 bits per heavy atom. The van der Waals surface area contributed by atoms with Crippen LogP contribution in [0.1, 0.15) is 10.6 Å². The Balaban J connectivity index is 1.50. The number of rotatable bonds is 2. The van der Waals surface area contributed by atoms with Crippen LogP contribution in [-0.4, -0.2) is 41.1 Å². The first kappa shape index (κ1) is 14.4. The molecule has 0 N–H and O–H groups in total. The molecule has 118 valence electrons. The highest BCUT2D eigenvalue weighted by Gasteiger charge is 2.20. The van der Waals surface area contributed by atoms with E-state index in [-0.39, 0.29) is 0 Å². The van der Waals surface area contributed by atoms with E-state index in [2.05, 4.69) is 56.8 Å². The Labute approximate surface area is 139 Å². The highest BCUT2D eigenvalue weighted by molar-refractivity contribution is 7.15. The third kappa shape index (κ3) is 2.74. The number of benzene rings is 1. The maximum absolute atomic E-state index is 4.68. The Hall–Kier alpha value is -2.21. The molecule has 0 bridgehead atoms. The maximum Gasteiger partial charge on any atom is 0.185 e. The first-order valence-corrected chi connectivity index (χ1v) is 8.66. The van der Waals surface area contributed by atoms with Gasteiger partial charge in [-0.3, -0.25) is 0 Å². The van der Waals surface area contributed by atoms with Crippen LogP contribution in [0.3, 0.4) is 0 Å². The molecular formula is C17H19N5S. The molecule has 0 aliphatic carbocycles. The van der Waals surface area contributed by atoms with Crippen molar-refractivity contribution >= 4 is 33.1 Å². The van der Waals surface area contributed by atoms with Gasteiger partial charge in [-0.05, 0) is 32.0 Å². The maximum atomic E-state index is 4.68. The summed E-state index contributed by atoms with van der Waals surface area (Å²) in [6.07, 6.45) is 3.47. The Bertz CT molecular complexity index is 816. The highest BCUT2D eigenvalue weighted by Crippen LogP contribution is 2.27. The van der Waals surface area contributed by atoms with E-state index in [0.29, 0.717) is 0 Å². The zero-order valence-electron chi connectivity index (χ0n) is 13.4. The van der Waals surface area contributed by atoms with Gasteiger partial charge in [-0.25, -0.2) is 15.0 Å². The third-order valence-electron chi connectivity index (χ3n) is 4.42. The summed E-state index contributed by atoms with van der Waals surface area (Å²) in [5.74, 6) is 0. The van der Waals surface area contributed by atoms with Crippen molar-refractivity contribution in [2.45, 2.75) is 13.8 Å². The van der Waals surface area contributed by atoms with Crippen LogP contribution >= 0.6 is 11.3 Å². The number of fused-ring (bicyclic) bond motifs is 1. The van der Waals surface area contributed by atoms with Crippen LogP contribution in [0.15, 0.2) is 30.7 Å². The van der Waals surface area contributed by atoms with E-state index < -0.39 is 0 Å². The van der Waals surface area contributed by atoms with Crippen molar-refractivity contribution in [3.05, 3.63) is 41.3 Å². The SMILES string of the molecule is Cc1nc(N2CCN(c3ccc4ncncc4c3)CC2)sc1C. The molecule has 0 saturated carbocycles. The van der Waals surface area contributed by atoms with Crippen molar-refractivity contribution in [1.29, 1.82) is 0 Å². The number of aryl methyl sites for hydroxylation is 2. The van der Waals surface area contributed by atoms with Gasteiger partial charge in [0.25, 0.3) is 0 Å². The molecule has 1 aliphatic heterocycles. The van der Waals surface area contributed by atoms with Gasteiger partial charge in [0.1, 0.15) is 6.33 Å². The monoisotopic (exact) mass is 325 g/mol. The topological polar surface area (TPSA) is 45.2 Å². The summed E-state index contributed by atoms with van der Waals surface area (Å²) >= 11 is 1.80. The minimum absolute atomic E-state index is 0.996. The smallest absolute Gasteiger partial charge is 0.185 e. The zero-order chi connectivity index (χ0) is 15.8. The van der Waals surface area contributed by atoms with Crippen molar-refractivity contribution in [3.63, 3.8) is 0 Å². The van der Waals surface area contributed by atoms with Crippen LogP contribution in [0, 0.1) is 13.8 Å². The molecule has 3 heterocycles. The molecule has 6 heteroatoms. The fourth-order valence-electron chi connectivity index (χ4n) is 2.92. The molecule has 0 unspecified atom stereocenters. The molecule has 2 aromatic heterocycles. The number of anilines is 2. The summed E-state index contributed by atoms with van der Waals surface area (Å²) in [5.41, 5.74) is 3.40. The fourth-order valence-corrected chi connectivity index (χ4v) is 3.88. The van der Waals surface area contributed by atoms with E-state index in [1.54, 1.807) is 17.7 Å². The number of aromatic nitrogens is 3. The lowest BCUT2D eigenvalue weighted by Crippen LogP contribution is -2.46. The third-order valence-corrected chi connectivity index (χ3v) is 5.55. The van der Waals surface area contributed by atoms with Gasteiger partial charge in [-0.2, -0.15) is 0 Å². The van der Waals surface area contributed by atoms with Gasteiger partial charge in [0.2, 0.25) is 0 Å². The van der Waals surface area contributed by atoms with Crippen LogP contribution in [0.2, 0.25) is 0 Å². The molecule has 1 fully saturated rings. The lowest BCUT2D eigenvalue weighted by molar-refractivity contribution is 0.652. The molecule has 1 aliphatic rings. The number of thiazole rings is 1.